The highest BCUT2D eigenvalue weighted by atomic mass is 16.5. The highest BCUT2D eigenvalue weighted by molar-refractivity contribution is 5.96. The molecule has 1 aromatic heterocycles. The van der Waals surface area contributed by atoms with Crippen molar-refractivity contribution in [1.82, 2.24) is 9.78 Å². The van der Waals surface area contributed by atoms with Crippen LogP contribution >= 0.6 is 0 Å². The van der Waals surface area contributed by atoms with E-state index in [1.165, 1.54) is 0 Å². The molecule has 0 aromatic carbocycles. The van der Waals surface area contributed by atoms with Gasteiger partial charge in [-0.3, -0.25) is 9.48 Å². The summed E-state index contributed by atoms with van der Waals surface area (Å²) < 4.78 is 6.61. The average Bonchev–Trinajstić information content (AvgIpc) is 2.60. The molecule has 15 heavy (non-hydrogen) atoms. The SMILES string of the molecule is CCc1nn(C)cc1C(=O)CCCOC. The molecule has 0 bridgehead atoms. The van der Waals surface area contributed by atoms with Crippen LogP contribution in [0.5, 0.6) is 0 Å². The largest absolute Gasteiger partial charge is 0.385 e. The molecular weight excluding hydrogens is 192 g/mol. The second kappa shape index (κ2) is 5.66. The maximum Gasteiger partial charge on any atom is 0.166 e. The van der Waals surface area contributed by atoms with E-state index in [0.29, 0.717) is 13.0 Å². The van der Waals surface area contributed by atoms with Crippen molar-refractivity contribution in [3.05, 3.63) is 17.5 Å². The number of methoxy groups -OCH3 is 1. The van der Waals surface area contributed by atoms with Crippen molar-refractivity contribution >= 4 is 5.78 Å². The zero-order valence-corrected chi connectivity index (χ0v) is 9.62. The van der Waals surface area contributed by atoms with Crippen LogP contribution in [-0.2, 0) is 18.2 Å². The van der Waals surface area contributed by atoms with Gasteiger partial charge in [0.25, 0.3) is 0 Å². The van der Waals surface area contributed by atoms with E-state index in [4.69, 9.17) is 4.74 Å². The molecular formula is C11H18N2O2. The molecule has 0 radical (unpaired) electrons. The molecule has 0 atom stereocenters. The van der Waals surface area contributed by atoms with E-state index in [2.05, 4.69) is 5.10 Å². The third kappa shape index (κ3) is 3.16. The molecule has 0 unspecified atom stereocenters. The van der Waals surface area contributed by atoms with E-state index in [1.807, 2.05) is 14.0 Å². The monoisotopic (exact) mass is 210 g/mol. The summed E-state index contributed by atoms with van der Waals surface area (Å²) in [5.74, 6) is 0.164. The Bertz CT molecular complexity index is 331. The fourth-order valence-electron chi connectivity index (χ4n) is 1.54. The summed E-state index contributed by atoms with van der Waals surface area (Å²) in [5, 5.41) is 4.24. The van der Waals surface area contributed by atoms with Crippen molar-refractivity contribution in [2.75, 3.05) is 13.7 Å². The fraction of sp³-hybridized carbons (Fsp3) is 0.636. The number of ether oxygens (including phenoxy) is 1. The molecule has 0 saturated heterocycles. The van der Waals surface area contributed by atoms with Crippen molar-refractivity contribution in [2.45, 2.75) is 26.2 Å². The van der Waals surface area contributed by atoms with Gasteiger partial charge in [0.1, 0.15) is 0 Å². The standard InChI is InChI=1S/C11H18N2O2/c1-4-10-9(8-13(2)12-10)11(14)6-5-7-15-3/h8H,4-7H2,1-3H3. The van der Waals surface area contributed by atoms with Gasteiger partial charge in [-0.05, 0) is 12.8 Å². The van der Waals surface area contributed by atoms with Crippen molar-refractivity contribution in [3.63, 3.8) is 0 Å². The van der Waals surface area contributed by atoms with Gasteiger partial charge >= 0.3 is 0 Å². The van der Waals surface area contributed by atoms with Crippen molar-refractivity contribution in [1.29, 1.82) is 0 Å². The number of rotatable bonds is 6. The Morgan fingerprint density at radius 3 is 2.93 bits per heavy atom. The second-order valence-electron chi connectivity index (χ2n) is 3.54. The van der Waals surface area contributed by atoms with Gasteiger partial charge in [-0.1, -0.05) is 6.92 Å². The summed E-state index contributed by atoms with van der Waals surface area (Å²) in [6.45, 7) is 2.64. The molecule has 0 aliphatic carbocycles. The van der Waals surface area contributed by atoms with E-state index in [9.17, 15) is 4.79 Å². The smallest absolute Gasteiger partial charge is 0.166 e. The molecule has 0 spiro atoms. The van der Waals surface area contributed by atoms with Gasteiger partial charge in [-0.2, -0.15) is 5.10 Å². The maximum atomic E-state index is 11.8. The first-order valence-corrected chi connectivity index (χ1v) is 5.23. The molecule has 1 aromatic rings. The van der Waals surface area contributed by atoms with Crippen LogP contribution in [0.3, 0.4) is 0 Å². The van der Waals surface area contributed by atoms with Crippen LogP contribution in [0, 0.1) is 0 Å². The maximum absolute atomic E-state index is 11.8. The Morgan fingerprint density at radius 1 is 1.60 bits per heavy atom. The number of hydrogen-bond acceptors (Lipinski definition) is 3. The van der Waals surface area contributed by atoms with Gasteiger partial charge in [0, 0.05) is 33.4 Å². The molecule has 0 aliphatic heterocycles. The minimum atomic E-state index is 0.164. The van der Waals surface area contributed by atoms with E-state index < -0.39 is 0 Å². The van der Waals surface area contributed by atoms with Gasteiger partial charge in [-0.15, -0.1) is 0 Å². The molecule has 0 amide bonds. The summed E-state index contributed by atoms with van der Waals surface area (Å²) in [6, 6.07) is 0. The van der Waals surface area contributed by atoms with E-state index in [0.717, 1.165) is 24.1 Å². The fourth-order valence-corrected chi connectivity index (χ4v) is 1.54. The highest BCUT2D eigenvalue weighted by Crippen LogP contribution is 2.11. The van der Waals surface area contributed by atoms with Crippen LogP contribution in [-0.4, -0.2) is 29.3 Å². The lowest BCUT2D eigenvalue weighted by molar-refractivity contribution is 0.0962. The number of aryl methyl sites for hydroxylation is 2. The third-order valence-electron chi connectivity index (χ3n) is 2.29. The molecule has 0 N–H and O–H groups in total. The Kier molecular flexibility index (Phi) is 4.49. The topological polar surface area (TPSA) is 44.1 Å². The van der Waals surface area contributed by atoms with Crippen LogP contribution in [0.25, 0.3) is 0 Å². The number of aromatic nitrogens is 2. The number of ketones is 1. The van der Waals surface area contributed by atoms with Gasteiger partial charge in [0.15, 0.2) is 5.78 Å². The first-order chi connectivity index (χ1) is 7.19. The second-order valence-corrected chi connectivity index (χ2v) is 3.54. The zero-order valence-electron chi connectivity index (χ0n) is 9.62. The number of Topliss-reactive ketones (excluding diaryl/α,β-unsaturated/α-hetero) is 1. The van der Waals surface area contributed by atoms with Gasteiger partial charge in [-0.25, -0.2) is 0 Å². The number of nitrogens with zero attached hydrogens (tertiary/aromatic N) is 2. The normalized spacial score (nSPS) is 10.6. The Labute approximate surface area is 90.2 Å². The number of carbonyl (C=O) groups excluding carboxylic acids is 1. The molecule has 4 nitrogen and oxygen atoms in total. The molecule has 4 heteroatoms. The summed E-state index contributed by atoms with van der Waals surface area (Å²) in [6.07, 6.45) is 3.90. The Morgan fingerprint density at radius 2 is 2.33 bits per heavy atom. The lowest BCUT2D eigenvalue weighted by atomic mass is 10.1. The Balaban J connectivity index is 2.64. The summed E-state index contributed by atoms with van der Waals surface area (Å²) >= 11 is 0. The average molecular weight is 210 g/mol. The summed E-state index contributed by atoms with van der Waals surface area (Å²) in [4.78, 5) is 11.8. The molecule has 0 saturated carbocycles. The Hall–Kier alpha value is -1.16. The van der Waals surface area contributed by atoms with Crippen molar-refractivity contribution < 1.29 is 9.53 Å². The minimum absolute atomic E-state index is 0.164. The van der Waals surface area contributed by atoms with Crippen LogP contribution in [0.1, 0.15) is 35.8 Å². The first kappa shape index (κ1) is 11.9. The highest BCUT2D eigenvalue weighted by Gasteiger charge is 2.13. The van der Waals surface area contributed by atoms with Crippen LogP contribution in [0.15, 0.2) is 6.20 Å². The molecule has 0 aliphatic rings. The van der Waals surface area contributed by atoms with E-state index >= 15 is 0 Å². The van der Waals surface area contributed by atoms with Gasteiger partial charge in [0.05, 0.1) is 11.3 Å². The number of carbonyl (C=O) groups is 1. The van der Waals surface area contributed by atoms with E-state index in [1.54, 1.807) is 18.0 Å². The van der Waals surface area contributed by atoms with Crippen molar-refractivity contribution in [2.24, 2.45) is 7.05 Å². The molecule has 1 rings (SSSR count). The first-order valence-electron chi connectivity index (χ1n) is 5.23. The lowest BCUT2D eigenvalue weighted by Crippen LogP contribution is -2.03. The lowest BCUT2D eigenvalue weighted by Gasteiger charge is -1.99. The predicted octanol–water partition coefficient (Wildman–Crippen LogP) is 1.59. The third-order valence-corrected chi connectivity index (χ3v) is 2.29. The predicted molar refractivity (Wildman–Crippen MR) is 58.0 cm³/mol. The quantitative estimate of drug-likeness (QED) is 0.529. The van der Waals surface area contributed by atoms with Gasteiger partial charge in [0.2, 0.25) is 0 Å². The zero-order chi connectivity index (χ0) is 11.3. The van der Waals surface area contributed by atoms with Gasteiger partial charge < -0.3 is 4.74 Å². The van der Waals surface area contributed by atoms with E-state index in [-0.39, 0.29) is 5.78 Å². The van der Waals surface area contributed by atoms with Crippen LogP contribution in [0.4, 0.5) is 0 Å². The molecule has 84 valence electrons. The van der Waals surface area contributed by atoms with Crippen molar-refractivity contribution in [3.8, 4) is 0 Å². The number of hydrogen-bond donors (Lipinski definition) is 0. The molecule has 0 fully saturated rings. The van der Waals surface area contributed by atoms with Crippen LogP contribution < -0.4 is 0 Å². The summed E-state index contributed by atoms with van der Waals surface area (Å²) in [5.41, 5.74) is 1.65. The van der Waals surface area contributed by atoms with Crippen LogP contribution in [0.2, 0.25) is 0 Å². The summed E-state index contributed by atoms with van der Waals surface area (Å²) in [7, 11) is 3.48. The molecule has 1 heterocycles. The minimum Gasteiger partial charge on any atom is -0.385 e.